The molecule has 2 unspecified atom stereocenters. The Bertz CT molecular complexity index is 911. The van der Waals surface area contributed by atoms with Crippen LogP contribution >= 0.6 is 11.6 Å². The Morgan fingerprint density at radius 1 is 1.31 bits per heavy atom. The van der Waals surface area contributed by atoms with Crippen LogP contribution in [0.2, 0.25) is 5.02 Å². The quantitative estimate of drug-likeness (QED) is 0.561. The number of amides is 1. The number of hydrogen-bond acceptors (Lipinski definition) is 5. The standard InChI is InChI=1S/C19H21ClF3N5O/c1-25-15-14(6-3-7-19(15,22)23)27-18-13(21)9-12(16(24)29)17(28-18)26-11-5-2-4-10(20)8-11/h2,4-5,8-9,14-15,25H,3,6-7H2,1H3,(H2,24,29)(H2,26,27,28). The van der Waals surface area contributed by atoms with E-state index in [2.05, 4.69) is 20.9 Å². The first-order valence-electron chi connectivity index (χ1n) is 9.06. The molecule has 0 aliphatic heterocycles. The van der Waals surface area contributed by atoms with Gasteiger partial charge in [0.15, 0.2) is 11.6 Å². The molecule has 1 fully saturated rings. The van der Waals surface area contributed by atoms with Crippen LogP contribution in [0.15, 0.2) is 30.3 Å². The van der Waals surface area contributed by atoms with E-state index in [0.29, 0.717) is 17.1 Å². The van der Waals surface area contributed by atoms with Crippen LogP contribution in [0.1, 0.15) is 29.6 Å². The molecule has 10 heteroatoms. The number of pyridine rings is 1. The third kappa shape index (κ3) is 4.73. The summed E-state index contributed by atoms with van der Waals surface area (Å²) >= 11 is 5.96. The Labute approximate surface area is 171 Å². The van der Waals surface area contributed by atoms with E-state index >= 15 is 0 Å². The number of anilines is 3. The maximum atomic E-state index is 14.6. The number of likely N-dealkylation sites (N-methyl/N-ethyl adjacent to an activating group) is 1. The monoisotopic (exact) mass is 427 g/mol. The van der Waals surface area contributed by atoms with Gasteiger partial charge in [-0.1, -0.05) is 17.7 Å². The number of nitrogens with one attached hydrogen (secondary N) is 3. The van der Waals surface area contributed by atoms with Crippen LogP contribution in [0, 0.1) is 5.82 Å². The van der Waals surface area contributed by atoms with Crippen LogP contribution in [0.25, 0.3) is 0 Å². The number of rotatable bonds is 6. The number of nitrogens with two attached hydrogens (primary N) is 1. The van der Waals surface area contributed by atoms with Crippen LogP contribution in [-0.2, 0) is 0 Å². The van der Waals surface area contributed by atoms with Gasteiger partial charge in [-0.25, -0.2) is 18.2 Å². The topological polar surface area (TPSA) is 92.1 Å². The maximum absolute atomic E-state index is 14.6. The number of benzene rings is 1. The zero-order chi connectivity index (χ0) is 21.2. The molecule has 1 aliphatic rings. The van der Waals surface area contributed by atoms with Crippen molar-refractivity contribution < 1.29 is 18.0 Å². The van der Waals surface area contributed by atoms with Crippen molar-refractivity contribution in [2.75, 3.05) is 17.7 Å². The zero-order valence-corrected chi connectivity index (χ0v) is 16.4. The third-order valence-corrected chi connectivity index (χ3v) is 5.08. The molecule has 0 radical (unpaired) electrons. The summed E-state index contributed by atoms with van der Waals surface area (Å²) in [6.07, 6.45) is 0.461. The molecule has 2 atom stereocenters. The average molecular weight is 428 g/mol. The van der Waals surface area contributed by atoms with Crippen molar-refractivity contribution in [2.24, 2.45) is 5.73 Å². The van der Waals surface area contributed by atoms with Gasteiger partial charge in [0.1, 0.15) is 5.82 Å². The highest BCUT2D eigenvalue weighted by Gasteiger charge is 2.46. The van der Waals surface area contributed by atoms with Gasteiger partial charge in [-0.05, 0) is 44.2 Å². The number of nitrogens with zero attached hydrogens (tertiary/aromatic N) is 1. The predicted molar refractivity (Wildman–Crippen MR) is 107 cm³/mol. The molecule has 0 saturated heterocycles. The van der Waals surface area contributed by atoms with Gasteiger partial charge in [-0.2, -0.15) is 0 Å². The second-order valence-corrected chi connectivity index (χ2v) is 7.32. The van der Waals surface area contributed by atoms with Crippen LogP contribution in [0.3, 0.4) is 0 Å². The number of carbonyl (C=O) groups is 1. The van der Waals surface area contributed by atoms with Crippen LogP contribution in [0.5, 0.6) is 0 Å². The second-order valence-electron chi connectivity index (χ2n) is 6.89. The molecule has 29 heavy (non-hydrogen) atoms. The fourth-order valence-electron chi connectivity index (χ4n) is 3.49. The van der Waals surface area contributed by atoms with E-state index in [1.807, 2.05) is 0 Å². The van der Waals surface area contributed by atoms with Gasteiger partial charge in [0.2, 0.25) is 0 Å². The largest absolute Gasteiger partial charge is 0.365 e. The normalized spacial score (nSPS) is 20.9. The van der Waals surface area contributed by atoms with Crippen molar-refractivity contribution in [2.45, 2.75) is 37.3 Å². The van der Waals surface area contributed by atoms with Crippen LogP contribution < -0.4 is 21.7 Å². The lowest BCUT2D eigenvalue weighted by Crippen LogP contribution is -2.56. The van der Waals surface area contributed by atoms with E-state index in [0.717, 1.165) is 6.07 Å². The highest BCUT2D eigenvalue weighted by atomic mass is 35.5. The van der Waals surface area contributed by atoms with Crippen molar-refractivity contribution in [1.82, 2.24) is 10.3 Å². The molecule has 5 N–H and O–H groups in total. The number of carbonyl (C=O) groups excluding carboxylic acids is 1. The van der Waals surface area contributed by atoms with Gasteiger partial charge in [0.05, 0.1) is 11.6 Å². The first-order chi connectivity index (χ1) is 13.7. The molecule has 6 nitrogen and oxygen atoms in total. The Hall–Kier alpha value is -2.52. The van der Waals surface area contributed by atoms with Crippen molar-refractivity contribution in [1.29, 1.82) is 0 Å². The van der Waals surface area contributed by atoms with Gasteiger partial charge in [0.25, 0.3) is 11.8 Å². The zero-order valence-electron chi connectivity index (χ0n) is 15.6. The molecule has 1 aliphatic carbocycles. The summed E-state index contributed by atoms with van der Waals surface area (Å²) in [5.74, 6) is -4.94. The molecule has 3 rings (SSSR count). The van der Waals surface area contributed by atoms with Gasteiger partial charge in [-0.15, -0.1) is 0 Å². The molecule has 156 valence electrons. The minimum atomic E-state index is -2.93. The summed E-state index contributed by atoms with van der Waals surface area (Å²) in [6.45, 7) is 0. The molecule has 0 bridgehead atoms. The van der Waals surface area contributed by atoms with E-state index < -0.39 is 29.7 Å². The van der Waals surface area contributed by atoms with Gasteiger partial charge >= 0.3 is 0 Å². The van der Waals surface area contributed by atoms with Gasteiger partial charge < -0.3 is 21.7 Å². The Kier molecular flexibility index (Phi) is 6.18. The summed E-state index contributed by atoms with van der Waals surface area (Å²) in [4.78, 5) is 15.9. The van der Waals surface area contributed by atoms with Gasteiger partial charge in [-0.3, -0.25) is 4.79 Å². The van der Waals surface area contributed by atoms with Crippen molar-refractivity contribution in [3.8, 4) is 0 Å². The minimum absolute atomic E-state index is 0.00718. The summed E-state index contributed by atoms with van der Waals surface area (Å²) in [5, 5.41) is 8.69. The fourth-order valence-corrected chi connectivity index (χ4v) is 3.68. The lowest BCUT2D eigenvalue weighted by molar-refractivity contribution is -0.0654. The first kappa shape index (κ1) is 21.2. The Balaban J connectivity index is 1.94. The number of alkyl halides is 2. The van der Waals surface area contributed by atoms with Crippen molar-refractivity contribution in [3.63, 3.8) is 0 Å². The fraction of sp³-hybridized carbons (Fsp3) is 0.368. The third-order valence-electron chi connectivity index (χ3n) is 4.84. The maximum Gasteiger partial charge on any atom is 0.265 e. The van der Waals surface area contributed by atoms with E-state index in [1.54, 1.807) is 24.3 Å². The predicted octanol–water partition coefficient (Wildman–Crippen LogP) is 3.90. The lowest BCUT2D eigenvalue weighted by atomic mass is 9.87. The van der Waals surface area contributed by atoms with E-state index in [1.165, 1.54) is 7.05 Å². The molecular formula is C19H21ClF3N5O. The second kappa shape index (κ2) is 8.46. The van der Waals surface area contributed by atoms with Gasteiger partial charge in [0, 0.05) is 23.2 Å². The average Bonchev–Trinajstić information content (AvgIpc) is 2.63. The number of aromatic nitrogens is 1. The molecule has 1 heterocycles. The van der Waals surface area contributed by atoms with E-state index in [9.17, 15) is 18.0 Å². The molecule has 2 aromatic rings. The SMILES string of the molecule is CNC1C(Nc2nc(Nc3cccc(Cl)c3)c(C(N)=O)cc2F)CCCC1(F)F. The summed E-state index contributed by atoms with van der Waals surface area (Å²) < 4.78 is 43.0. The van der Waals surface area contributed by atoms with E-state index in [-0.39, 0.29) is 30.0 Å². The van der Waals surface area contributed by atoms with Crippen molar-refractivity contribution >= 4 is 34.8 Å². The molecule has 1 amide bonds. The Morgan fingerprint density at radius 2 is 2.07 bits per heavy atom. The highest BCUT2D eigenvalue weighted by molar-refractivity contribution is 6.30. The summed E-state index contributed by atoms with van der Waals surface area (Å²) in [6, 6.07) is 5.60. The van der Waals surface area contributed by atoms with E-state index in [4.69, 9.17) is 17.3 Å². The minimum Gasteiger partial charge on any atom is -0.365 e. The van der Waals surface area contributed by atoms with Crippen LogP contribution in [-0.4, -0.2) is 35.9 Å². The number of hydrogen-bond donors (Lipinski definition) is 4. The lowest BCUT2D eigenvalue weighted by Gasteiger charge is -2.38. The summed E-state index contributed by atoms with van der Waals surface area (Å²) in [7, 11) is 1.44. The molecule has 1 aromatic heterocycles. The molecule has 1 saturated carbocycles. The smallest absolute Gasteiger partial charge is 0.265 e. The summed E-state index contributed by atoms with van der Waals surface area (Å²) in [5.41, 5.74) is 5.67. The highest BCUT2D eigenvalue weighted by Crippen LogP contribution is 2.35. The molecule has 1 aromatic carbocycles. The van der Waals surface area contributed by atoms with Crippen molar-refractivity contribution in [3.05, 3.63) is 46.7 Å². The van der Waals surface area contributed by atoms with Crippen LogP contribution in [0.4, 0.5) is 30.5 Å². The Morgan fingerprint density at radius 3 is 2.72 bits per heavy atom. The molecular weight excluding hydrogens is 407 g/mol. The first-order valence-corrected chi connectivity index (χ1v) is 9.43. The number of primary amides is 1. The molecule has 0 spiro atoms. The number of halogens is 4.